The Morgan fingerprint density at radius 1 is 1.10 bits per heavy atom. The first-order valence-corrected chi connectivity index (χ1v) is 7.47. The number of benzene rings is 1. The van der Waals surface area contributed by atoms with E-state index in [0.717, 1.165) is 56.0 Å². The maximum atomic E-state index is 13.9. The second-order valence-electron chi connectivity index (χ2n) is 5.40. The Morgan fingerprint density at radius 2 is 1.95 bits per heavy atom. The molecule has 0 radical (unpaired) electrons. The van der Waals surface area contributed by atoms with E-state index in [9.17, 15) is 4.39 Å². The minimum atomic E-state index is -0.120. The third-order valence-corrected chi connectivity index (χ3v) is 3.82. The molecule has 21 heavy (non-hydrogen) atoms. The maximum absolute atomic E-state index is 13.9. The molecule has 0 aliphatic carbocycles. The van der Waals surface area contributed by atoms with E-state index in [4.69, 9.17) is 0 Å². The van der Waals surface area contributed by atoms with Gasteiger partial charge in [-0.05, 0) is 42.7 Å². The molecule has 110 valence electrons. The number of rotatable bonds is 5. The van der Waals surface area contributed by atoms with Crippen LogP contribution in [-0.2, 0) is 13.1 Å². The Bertz CT molecular complexity index is 580. The van der Waals surface area contributed by atoms with Gasteiger partial charge >= 0.3 is 0 Å². The number of hydrogen-bond donors (Lipinski definition) is 1. The van der Waals surface area contributed by atoms with E-state index >= 15 is 0 Å². The van der Waals surface area contributed by atoms with E-state index in [1.54, 1.807) is 12.3 Å². The molecule has 1 aromatic heterocycles. The third kappa shape index (κ3) is 3.58. The maximum Gasteiger partial charge on any atom is 0.146 e. The zero-order chi connectivity index (χ0) is 14.5. The van der Waals surface area contributed by atoms with Crippen molar-refractivity contribution in [3.05, 3.63) is 59.7 Å². The van der Waals surface area contributed by atoms with Crippen LogP contribution in [0.15, 0.2) is 42.6 Å². The summed E-state index contributed by atoms with van der Waals surface area (Å²) < 4.78 is 13.9. The van der Waals surface area contributed by atoms with Gasteiger partial charge in [0.1, 0.15) is 5.82 Å². The van der Waals surface area contributed by atoms with Crippen LogP contribution in [0.5, 0.6) is 0 Å². The molecule has 0 atom stereocenters. The zero-order valence-corrected chi connectivity index (χ0v) is 12.1. The van der Waals surface area contributed by atoms with E-state index in [1.807, 2.05) is 30.3 Å². The molecule has 3 rings (SSSR count). The van der Waals surface area contributed by atoms with Crippen LogP contribution in [0.1, 0.15) is 24.1 Å². The van der Waals surface area contributed by atoms with Gasteiger partial charge in [-0.3, -0.25) is 4.98 Å². The Hall–Kier alpha value is -1.94. The molecule has 0 amide bonds. The molecule has 1 N–H and O–H groups in total. The topological polar surface area (TPSA) is 28.2 Å². The number of pyridine rings is 1. The van der Waals surface area contributed by atoms with Gasteiger partial charge in [-0.15, -0.1) is 0 Å². The molecule has 0 bridgehead atoms. The van der Waals surface area contributed by atoms with Crippen molar-refractivity contribution >= 4 is 5.69 Å². The minimum absolute atomic E-state index is 0.120. The van der Waals surface area contributed by atoms with Crippen LogP contribution in [0.25, 0.3) is 0 Å². The smallest absolute Gasteiger partial charge is 0.146 e. The van der Waals surface area contributed by atoms with E-state index < -0.39 is 0 Å². The molecular formula is C17H20FN3. The third-order valence-electron chi connectivity index (χ3n) is 3.82. The van der Waals surface area contributed by atoms with Crippen molar-refractivity contribution in [1.29, 1.82) is 0 Å². The SMILES string of the molecule is Fc1ccc(CNCc2ccccn2)cc1N1CCCC1. The van der Waals surface area contributed by atoms with Crippen LogP contribution in [0.2, 0.25) is 0 Å². The molecule has 3 nitrogen and oxygen atoms in total. The summed E-state index contributed by atoms with van der Waals surface area (Å²) in [5, 5.41) is 3.35. The second kappa shape index (κ2) is 6.68. The lowest BCUT2D eigenvalue weighted by Gasteiger charge is -2.19. The highest BCUT2D eigenvalue weighted by atomic mass is 19.1. The quantitative estimate of drug-likeness (QED) is 0.915. The van der Waals surface area contributed by atoms with Gasteiger partial charge < -0.3 is 10.2 Å². The Kier molecular flexibility index (Phi) is 4.46. The second-order valence-corrected chi connectivity index (χ2v) is 5.40. The number of halogens is 1. The fourth-order valence-corrected chi connectivity index (χ4v) is 2.71. The number of nitrogens with zero attached hydrogens (tertiary/aromatic N) is 2. The standard InChI is InChI=1S/C17H20FN3/c18-16-7-6-14(11-17(16)21-9-3-4-10-21)12-19-13-15-5-1-2-8-20-15/h1-2,5-8,11,19H,3-4,9-10,12-13H2. The van der Waals surface area contributed by atoms with Gasteiger partial charge in [-0.25, -0.2) is 4.39 Å². The van der Waals surface area contributed by atoms with Gasteiger partial charge in [0.05, 0.1) is 11.4 Å². The molecule has 1 aromatic carbocycles. The monoisotopic (exact) mass is 285 g/mol. The summed E-state index contributed by atoms with van der Waals surface area (Å²) in [5.74, 6) is -0.120. The predicted octanol–water partition coefficient (Wildman–Crippen LogP) is 3.11. The van der Waals surface area contributed by atoms with E-state index in [-0.39, 0.29) is 5.82 Å². The largest absolute Gasteiger partial charge is 0.369 e. The fourth-order valence-electron chi connectivity index (χ4n) is 2.71. The molecule has 0 unspecified atom stereocenters. The summed E-state index contributed by atoms with van der Waals surface area (Å²) in [6, 6.07) is 11.3. The first kappa shape index (κ1) is 14.0. The molecule has 2 heterocycles. The first-order valence-electron chi connectivity index (χ1n) is 7.47. The lowest BCUT2D eigenvalue weighted by atomic mass is 10.1. The summed E-state index contributed by atoms with van der Waals surface area (Å²) in [6.07, 6.45) is 4.10. The highest BCUT2D eigenvalue weighted by Gasteiger charge is 2.16. The lowest BCUT2D eigenvalue weighted by molar-refractivity contribution is 0.619. The average molecular weight is 285 g/mol. The number of anilines is 1. The van der Waals surface area contributed by atoms with Crippen molar-refractivity contribution in [1.82, 2.24) is 10.3 Å². The Labute approximate surface area is 124 Å². The molecular weight excluding hydrogens is 265 g/mol. The normalized spacial score (nSPS) is 14.6. The van der Waals surface area contributed by atoms with Crippen LogP contribution in [0.4, 0.5) is 10.1 Å². The highest BCUT2D eigenvalue weighted by Crippen LogP contribution is 2.24. The summed E-state index contributed by atoms with van der Waals surface area (Å²) in [5.41, 5.74) is 2.86. The molecule has 1 aliphatic rings. The van der Waals surface area contributed by atoms with Crippen LogP contribution in [-0.4, -0.2) is 18.1 Å². The van der Waals surface area contributed by atoms with Crippen LogP contribution < -0.4 is 10.2 Å². The molecule has 2 aromatic rings. The zero-order valence-electron chi connectivity index (χ0n) is 12.1. The van der Waals surface area contributed by atoms with E-state index in [2.05, 4.69) is 15.2 Å². The van der Waals surface area contributed by atoms with Crippen molar-refractivity contribution in [2.24, 2.45) is 0 Å². The van der Waals surface area contributed by atoms with Gasteiger partial charge in [0, 0.05) is 32.4 Å². The van der Waals surface area contributed by atoms with Gasteiger partial charge in [-0.1, -0.05) is 12.1 Å². The number of nitrogens with one attached hydrogen (secondary N) is 1. The summed E-state index contributed by atoms with van der Waals surface area (Å²) in [6.45, 7) is 3.36. The lowest BCUT2D eigenvalue weighted by Crippen LogP contribution is -2.20. The van der Waals surface area contributed by atoms with E-state index in [1.165, 1.54) is 0 Å². The van der Waals surface area contributed by atoms with Crippen molar-refractivity contribution in [2.45, 2.75) is 25.9 Å². The predicted molar refractivity (Wildman–Crippen MR) is 82.6 cm³/mol. The average Bonchev–Trinajstić information content (AvgIpc) is 3.04. The fraction of sp³-hybridized carbons (Fsp3) is 0.353. The highest BCUT2D eigenvalue weighted by molar-refractivity contribution is 5.50. The Morgan fingerprint density at radius 3 is 2.71 bits per heavy atom. The number of aromatic nitrogens is 1. The molecule has 1 aliphatic heterocycles. The van der Waals surface area contributed by atoms with Crippen molar-refractivity contribution in [2.75, 3.05) is 18.0 Å². The van der Waals surface area contributed by atoms with Crippen molar-refractivity contribution < 1.29 is 4.39 Å². The summed E-state index contributed by atoms with van der Waals surface area (Å²) in [4.78, 5) is 6.41. The first-order chi connectivity index (χ1) is 10.3. The molecule has 0 saturated carbocycles. The van der Waals surface area contributed by atoms with Gasteiger partial charge in [0.15, 0.2) is 0 Å². The van der Waals surface area contributed by atoms with Crippen LogP contribution in [0.3, 0.4) is 0 Å². The van der Waals surface area contributed by atoms with Crippen LogP contribution >= 0.6 is 0 Å². The summed E-state index contributed by atoms with van der Waals surface area (Å²) in [7, 11) is 0. The molecule has 1 saturated heterocycles. The van der Waals surface area contributed by atoms with Crippen molar-refractivity contribution in [3.8, 4) is 0 Å². The minimum Gasteiger partial charge on any atom is -0.369 e. The van der Waals surface area contributed by atoms with Crippen LogP contribution in [0, 0.1) is 5.82 Å². The molecule has 4 heteroatoms. The van der Waals surface area contributed by atoms with Gasteiger partial charge in [0.2, 0.25) is 0 Å². The van der Waals surface area contributed by atoms with E-state index in [0.29, 0.717) is 0 Å². The molecule has 1 fully saturated rings. The van der Waals surface area contributed by atoms with Gasteiger partial charge in [0.25, 0.3) is 0 Å². The Balaban J connectivity index is 1.61. The van der Waals surface area contributed by atoms with Crippen molar-refractivity contribution in [3.63, 3.8) is 0 Å². The van der Waals surface area contributed by atoms with Gasteiger partial charge in [-0.2, -0.15) is 0 Å². The molecule has 0 spiro atoms. The number of hydrogen-bond acceptors (Lipinski definition) is 3. The summed E-state index contributed by atoms with van der Waals surface area (Å²) >= 11 is 0.